The molecule has 0 amide bonds. The Kier molecular flexibility index (Phi) is 3.98. The average molecular weight is 133 g/mol. The third-order valence-corrected chi connectivity index (χ3v) is 0.550. The zero-order valence-corrected chi connectivity index (χ0v) is 4.80. The summed E-state index contributed by atoms with van der Waals surface area (Å²) in [4.78, 5) is 9.88. The standard InChI is InChI=1S/C5H5ClO2/c6-5(8)3-1-2-4-7/h1-4,7H/b3-1+,4-2+. The van der Waals surface area contributed by atoms with Crippen molar-refractivity contribution in [2.75, 3.05) is 0 Å². The fraction of sp³-hybridized carbons (Fsp3) is 0. The maximum Gasteiger partial charge on any atom is 0.245 e. The highest BCUT2D eigenvalue weighted by Crippen LogP contribution is 1.81. The van der Waals surface area contributed by atoms with Crippen LogP contribution in [0.3, 0.4) is 0 Å². The number of hydrogen-bond acceptors (Lipinski definition) is 2. The molecule has 0 aromatic rings. The molecule has 44 valence electrons. The lowest BCUT2D eigenvalue weighted by Crippen LogP contribution is -1.71. The molecule has 0 rings (SSSR count). The van der Waals surface area contributed by atoms with E-state index in [-0.39, 0.29) is 0 Å². The first-order chi connectivity index (χ1) is 3.77. The lowest BCUT2D eigenvalue weighted by Gasteiger charge is -1.69. The number of halogens is 1. The molecular formula is C5H5ClO2. The van der Waals surface area contributed by atoms with E-state index in [9.17, 15) is 4.79 Å². The van der Waals surface area contributed by atoms with Gasteiger partial charge in [-0.1, -0.05) is 6.08 Å². The van der Waals surface area contributed by atoms with E-state index in [0.717, 1.165) is 12.3 Å². The van der Waals surface area contributed by atoms with Crippen molar-refractivity contribution in [2.24, 2.45) is 0 Å². The van der Waals surface area contributed by atoms with Crippen LogP contribution in [0.1, 0.15) is 0 Å². The topological polar surface area (TPSA) is 37.3 Å². The van der Waals surface area contributed by atoms with Crippen LogP contribution in [0.2, 0.25) is 0 Å². The molecule has 0 saturated heterocycles. The Morgan fingerprint density at radius 2 is 2.12 bits per heavy atom. The third-order valence-electron chi connectivity index (χ3n) is 0.424. The van der Waals surface area contributed by atoms with Gasteiger partial charge in [0.15, 0.2) is 0 Å². The van der Waals surface area contributed by atoms with Crippen LogP contribution >= 0.6 is 11.6 Å². The van der Waals surface area contributed by atoms with Crippen molar-refractivity contribution in [3.8, 4) is 0 Å². The first kappa shape index (κ1) is 7.24. The fourth-order valence-electron chi connectivity index (χ4n) is 0.181. The molecule has 1 N–H and O–H groups in total. The maximum atomic E-state index is 9.88. The summed E-state index contributed by atoms with van der Waals surface area (Å²) in [7, 11) is 0. The van der Waals surface area contributed by atoms with E-state index in [1.165, 1.54) is 12.2 Å². The number of aliphatic hydroxyl groups is 1. The summed E-state index contributed by atoms with van der Waals surface area (Å²) in [5.41, 5.74) is 0. The number of rotatable bonds is 2. The molecule has 0 spiro atoms. The van der Waals surface area contributed by atoms with Gasteiger partial charge in [0.25, 0.3) is 0 Å². The van der Waals surface area contributed by atoms with E-state index in [1.807, 2.05) is 0 Å². The Morgan fingerprint density at radius 3 is 2.50 bits per heavy atom. The summed E-state index contributed by atoms with van der Waals surface area (Å²) >= 11 is 4.87. The number of carbonyl (C=O) groups excluding carboxylic acids is 1. The molecule has 2 nitrogen and oxygen atoms in total. The second-order valence-electron chi connectivity index (χ2n) is 1.00. The van der Waals surface area contributed by atoms with Crippen molar-refractivity contribution in [1.29, 1.82) is 0 Å². The second kappa shape index (κ2) is 4.40. The van der Waals surface area contributed by atoms with Gasteiger partial charge in [0.2, 0.25) is 5.24 Å². The molecule has 0 aromatic carbocycles. The molecule has 0 aromatic heterocycles. The van der Waals surface area contributed by atoms with Gasteiger partial charge >= 0.3 is 0 Å². The lowest BCUT2D eigenvalue weighted by atomic mass is 10.5. The largest absolute Gasteiger partial charge is 0.516 e. The summed E-state index contributed by atoms with van der Waals surface area (Å²) in [6.07, 6.45) is 4.58. The van der Waals surface area contributed by atoms with Gasteiger partial charge in [-0.2, -0.15) is 0 Å². The Bertz CT molecular complexity index is 126. The van der Waals surface area contributed by atoms with Crippen LogP contribution in [0.4, 0.5) is 0 Å². The number of hydrogen-bond donors (Lipinski definition) is 1. The maximum absolute atomic E-state index is 9.88. The summed E-state index contributed by atoms with van der Waals surface area (Å²) in [5, 5.41) is 7.44. The summed E-state index contributed by atoms with van der Waals surface area (Å²) in [5.74, 6) is 0. The summed E-state index contributed by atoms with van der Waals surface area (Å²) in [6, 6.07) is 0. The van der Waals surface area contributed by atoms with Gasteiger partial charge in [-0.25, -0.2) is 0 Å². The Hall–Kier alpha value is -0.760. The molecule has 0 aliphatic carbocycles. The predicted molar refractivity (Wildman–Crippen MR) is 31.8 cm³/mol. The third kappa shape index (κ3) is 5.24. The molecule has 0 saturated carbocycles. The number of carbonyl (C=O) groups is 1. The fourth-order valence-corrected chi connectivity index (χ4v) is 0.254. The first-order valence-electron chi connectivity index (χ1n) is 1.94. The highest BCUT2D eigenvalue weighted by molar-refractivity contribution is 6.66. The van der Waals surface area contributed by atoms with E-state index in [2.05, 4.69) is 0 Å². The van der Waals surface area contributed by atoms with E-state index < -0.39 is 5.24 Å². The Balaban J connectivity index is 3.50. The molecule has 3 heteroatoms. The van der Waals surface area contributed by atoms with Crippen molar-refractivity contribution in [3.05, 3.63) is 24.5 Å². The van der Waals surface area contributed by atoms with Crippen LogP contribution in [-0.4, -0.2) is 10.3 Å². The van der Waals surface area contributed by atoms with E-state index in [1.54, 1.807) is 0 Å². The van der Waals surface area contributed by atoms with Crippen LogP contribution in [0.15, 0.2) is 24.5 Å². The second-order valence-corrected chi connectivity index (χ2v) is 1.38. The monoisotopic (exact) mass is 132 g/mol. The van der Waals surface area contributed by atoms with Gasteiger partial charge < -0.3 is 5.11 Å². The van der Waals surface area contributed by atoms with E-state index in [4.69, 9.17) is 16.7 Å². The molecule has 0 bridgehead atoms. The van der Waals surface area contributed by atoms with Crippen LogP contribution < -0.4 is 0 Å². The minimum Gasteiger partial charge on any atom is -0.516 e. The highest BCUT2D eigenvalue weighted by Gasteiger charge is 1.79. The van der Waals surface area contributed by atoms with Crippen LogP contribution in [0.5, 0.6) is 0 Å². The highest BCUT2D eigenvalue weighted by atomic mass is 35.5. The van der Waals surface area contributed by atoms with Crippen molar-refractivity contribution in [3.63, 3.8) is 0 Å². The number of allylic oxidation sites excluding steroid dienone is 3. The SMILES string of the molecule is O=C(Cl)/C=C/C=C/O. The van der Waals surface area contributed by atoms with Gasteiger partial charge in [-0.05, 0) is 23.8 Å². The minimum atomic E-state index is -0.553. The van der Waals surface area contributed by atoms with Crippen LogP contribution in [0.25, 0.3) is 0 Å². The van der Waals surface area contributed by atoms with Crippen LogP contribution in [-0.2, 0) is 4.79 Å². The molecular weight excluding hydrogens is 128 g/mol. The van der Waals surface area contributed by atoms with Crippen LogP contribution in [0, 0.1) is 0 Å². The molecule has 0 aliphatic rings. The predicted octanol–water partition coefficient (Wildman–Crippen LogP) is 1.38. The van der Waals surface area contributed by atoms with Gasteiger partial charge in [0.05, 0.1) is 6.26 Å². The molecule has 0 aliphatic heterocycles. The molecule has 0 heterocycles. The van der Waals surface area contributed by atoms with E-state index in [0.29, 0.717) is 0 Å². The molecule has 0 radical (unpaired) electrons. The van der Waals surface area contributed by atoms with Crippen molar-refractivity contribution >= 4 is 16.8 Å². The van der Waals surface area contributed by atoms with Crippen molar-refractivity contribution in [1.82, 2.24) is 0 Å². The summed E-state index contributed by atoms with van der Waals surface area (Å²) < 4.78 is 0. The van der Waals surface area contributed by atoms with Gasteiger partial charge in [-0.3, -0.25) is 4.79 Å². The first-order valence-corrected chi connectivity index (χ1v) is 2.32. The molecule has 0 unspecified atom stereocenters. The lowest BCUT2D eigenvalue weighted by molar-refractivity contribution is -0.107. The average Bonchev–Trinajstić information content (AvgIpc) is 1.66. The Labute approximate surface area is 52.1 Å². The molecule has 0 fully saturated rings. The van der Waals surface area contributed by atoms with Crippen molar-refractivity contribution in [2.45, 2.75) is 0 Å². The zero-order valence-electron chi connectivity index (χ0n) is 4.04. The van der Waals surface area contributed by atoms with Gasteiger partial charge in [-0.15, -0.1) is 0 Å². The Morgan fingerprint density at radius 1 is 1.50 bits per heavy atom. The van der Waals surface area contributed by atoms with E-state index >= 15 is 0 Å². The summed E-state index contributed by atoms with van der Waals surface area (Å²) in [6.45, 7) is 0. The van der Waals surface area contributed by atoms with Gasteiger partial charge in [0.1, 0.15) is 0 Å². The normalized spacial score (nSPS) is 11.1. The minimum absolute atomic E-state index is 0.553. The quantitative estimate of drug-likeness (QED) is 0.267. The van der Waals surface area contributed by atoms with Crippen molar-refractivity contribution < 1.29 is 9.90 Å². The smallest absolute Gasteiger partial charge is 0.245 e. The molecule has 8 heavy (non-hydrogen) atoms. The number of aliphatic hydroxyl groups excluding tert-OH is 1. The zero-order chi connectivity index (χ0) is 6.41. The molecule has 0 atom stereocenters. The van der Waals surface area contributed by atoms with Gasteiger partial charge in [0, 0.05) is 0 Å².